The van der Waals surface area contributed by atoms with Crippen LogP contribution in [0.2, 0.25) is 0 Å². The Hall–Kier alpha value is -0.880. The molecule has 1 aliphatic rings. The zero-order chi connectivity index (χ0) is 15.3. The molecule has 6 heteroatoms. The number of carboxylic acid groups (broad SMARTS) is 1. The topological polar surface area (TPSA) is 66.4 Å². The van der Waals surface area contributed by atoms with Gasteiger partial charge < -0.3 is 10.4 Å². The quantitative estimate of drug-likeness (QED) is 0.800. The van der Waals surface area contributed by atoms with Crippen LogP contribution in [0.1, 0.15) is 43.4 Å². The van der Waals surface area contributed by atoms with Gasteiger partial charge in [-0.3, -0.25) is 9.59 Å². The predicted octanol–water partition coefficient (Wildman–Crippen LogP) is 3.59. The SMILES string of the molecule is O=C(CC1(C(=O)O)CCCCC1)NCCc1ccc(Br)s1. The first kappa shape index (κ1) is 16.5. The summed E-state index contributed by atoms with van der Waals surface area (Å²) in [6.45, 7) is 0.557. The molecular weight excluding hydrogens is 354 g/mol. The third-order valence-corrected chi connectivity index (χ3v) is 5.77. The molecule has 0 bridgehead atoms. The van der Waals surface area contributed by atoms with Crippen molar-refractivity contribution in [2.24, 2.45) is 5.41 Å². The second-order valence-electron chi connectivity index (χ2n) is 5.63. The van der Waals surface area contributed by atoms with E-state index in [1.165, 1.54) is 4.88 Å². The Morgan fingerprint density at radius 2 is 2.00 bits per heavy atom. The Morgan fingerprint density at radius 3 is 2.57 bits per heavy atom. The monoisotopic (exact) mass is 373 g/mol. The highest BCUT2D eigenvalue weighted by Crippen LogP contribution is 2.39. The summed E-state index contributed by atoms with van der Waals surface area (Å²) in [4.78, 5) is 24.8. The van der Waals surface area contributed by atoms with Crippen molar-refractivity contribution in [1.82, 2.24) is 5.32 Å². The lowest BCUT2D eigenvalue weighted by Gasteiger charge is -2.32. The minimum Gasteiger partial charge on any atom is -0.481 e. The number of nitrogens with one attached hydrogen (secondary N) is 1. The Kier molecular flexibility index (Phi) is 5.81. The van der Waals surface area contributed by atoms with E-state index in [-0.39, 0.29) is 12.3 Å². The van der Waals surface area contributed by atoms with E-state index in [4.69, 9.17) is 0 Å². The number of rotatable bonds is 6. The highest BCUT2D eigenvalue weighted by molar-refractivity contribution is 9.11. The van der Waals surface area contributed by atoms with E-state index < -0.39 is 11.4 Å². The molecule has 1 aromatic rings. The fourth-order valence-electron chi connectivity index (χ4n) is 2.88. The summed E-state index contributed by atoms with van der Waals surface area (Å²) in [5, 5.41) is 12.3. The lowest BCUT2D eigenvalue weighted by molar-refractivity contribution is -0.154. The molecule has 0 radical (unpaired) electrons. The van der Waals surface area contributed by atoms with Gasteiger partial charge in [-0.25, -0.2) is 0 Å². The molecule has 2 rings (SSSR count). The molecule has 1 saturated carbocycles. The van der Waals surface area contributed by atoms with Crippen molar-refractivity contribution in [3.63, 3.8) is 0 Å². The molecule has 1 aliphatic carbocycles. The van der Waals surface area contributed by atoms with Crippen LogP contribution < -0.4 is 5.32 Å². The normalized spacial score (nSPS) is 17.4. The van der Waals surface area contributed by atoms with Crippen LogP contribution in [0.25, 0.3) is 0 Å². The lowest BCUT2D eigenvalue weighted by Crippen LogP contribution is -2.39. The number of hydrogen-bond acceptors (Lipinski definition) is 3. The smallest absolute Gasteiger partial charge is 0.310 e. The van der Waals surface area contributed by atoms with Gasteiger partial charge in [-0.2, -0.15) is 0 Å². The molecule has 1 aromatic heterocycles. The van der Waals surface area contributed by atoms with Crippen LogP contribution in [-0.2, 0) is 16.0 Å². The van der Waals surface area contributed by atoms with Crippen LogP contribution in [0.4, 0.5) is 0 Å². The predicted molar refractivity (Wildman–Crippen MR) is 86.5 cm³/mol. The summed E-state index contributed by atoms with van der Waals surface area (Å²) >= 11 is 5.06. The molecular formula is C15H20BrNO3S. The Bertz CT molecular complexity index is 509. The maximum absolute atomic E-state index is 12.0. The van der Waals surface area contributed by atoms with Gasteiger partial charge in [-0.1, -0.05) is 19.3 Å². The Morgan fingerprint density at radius 1 is 1.29 bits per heavy atom. The fourth-order valence-corrected chi connectivity index (χ4v) is 4.36. The van der Waals surface area contributed by atoms with Crippen LogP contribution in [-0.4, -0.2) is 23.5 Å². The van der Waals surface area contributed by atoms with E-state index in [1.807, 2.05) is 12.1 Å². The molecule has 1 amide bonds. The first-order chi connectivity index (χ1) is 10.0. The van der Waals surface area contributed by atoms with Gasteiger partial charge in [0.15, 0.2) is 0 Å². The highest BCUT2D eigenvalue weighted by Gasteiger charge is 2.41. The summed E-state index contributed by atoms with van der Waals surface area (Å²) in [5.74, 6) is -0.963. The summed E-state index contributed by atoms with van der Waals surface area (Å²) in [6.07, 6.45) is 5.01. The number of carbonyl (C=O) groups excluding carboxylic acids is 1. The van der Waals surface area contributed by atoms with Gasteiger partial charge in [0.2, 0.25) is 5.91 Å². The van der Waals surface area contributed by atoms with Crippen LogP contribution in [0, 0.1) is 5.41 Å². The molecule has 4 nitrogen and oxygen atoms in total. The van der Waals surface area contributed by atoms with Crippen molar-refractivity contribution < 1.29 is 14.7 Å². The number of thiophene rings is 1. The van der Waals surface area contributed by atoms with Crippen molar-refractivity contribution in [3.05, 3.63) is 20.8 Å². The molecule has 1 fully saturated rings. The zero-order valence-corrected chi connectivity index (χ0v) is 14.3. The molecule has 0 atom stereocenters. The summed E-state index contributed by atoms with van der Waals surface area (Å²) in [6, 6.07) is 4.02. The van der Waals surface area contributed by atoms with Gasteiger partial charge in [0.25, 0.3) is 0 Å². The van der Waals surface area contributed by atoms with Crippen LogP contribution in [0.3, 0.4) is 0 Å². The average Bonchev–Trinajstić information content (AvgIpc) is 2.85. The fraction of sp³-hybridized carbons (Fsp3) is 0.600. The first-order valence-corrected chi connectivity index (χ1v) is 8.87. The molecule has 2 N–H and O–H groups in total. The van der Waals surface area contributed by atoms with E-state index in [9.17, 15) is 14.7 Å². The minimum absolute atomic E-state index is 0.108. The molecule has 0 spiro atoms. The minimum atomic E-state index is -0.839. The molecule has 21 heavy (non-hydrogen) atoms. The molecule has 116 valence electrons. The molecule has 1 heterocycles. The number of hydrogen-bond donors (Lipinski definition) is 2. The largest absolute Gasteiger partial charge is 0.481 e. The van der Waals surface area contributed by atoms with Crippen molar-refractivity contribution in [3.8, 4) is 0 Å². The zero-order valence-electron chi connectivity index (χ0n) is 11.9. The summed E-state index contributed by atoms with van der Waals surface area (Å²) in [5.41, 5.74) is -0.839. The molecule has 0 aromatic carbocycles. The molecule has 0 aliphatic heterocycles. The average molecular weight is 374 g/mol. The second-order valence-corrected chi connectivity index (χ2v) is 8.18. The first-order valence-electron chi connectivity index (χ1n) is 7.26. The van der Waals surface area contributed by atoms with Crippen molar-refractivity contribution in [2.45, 2.75) is 44.9 Å². The van der Waals surface area contributed by atoms with Gasteiger partial charge in [-0.05, 0) is 47.3 Å². The van der Waals surface area contributed by atoms with E-state index >= 15 is 0 Å². The lowest BCUT2D eigenvalue weighted by atomic mass is 9.71. The van der Waals surface area contributed by atoms with E-state index in [0.29, 0.717) is 19.4 Å². The van der Waals surface area contributed by atoms with E-state index in [1.54, 1.807) is 11.3 Å². The van der Waals surface area contributed by atoms with Crippen LogP contribution in [0.5, 0.6) is 0 Å². The number of carbonyl (C=O) groups is 2. The van der Waals surface area contributed by atoms with E-state index in [2.05, 4.69) is 21.2 Å². The van der Waals surface area contributed by atoms with Gasteiger partial charge in [0.1, 0.15) is 0 Å². The van der Waals surface area contributed by atoms with Crippen molar-refractivity contribution in [2.75, 3.05) is 6.54 Å². The standard InChI is InChI=1S/C15H20BrNO3S/c16-12-5-4-11(21-12)6-9-17-13(18)10-15(14(19)20)7-2-1-3-8-15/h4-5H,1-3,6-10H2,(H,17,18)(H,19,20). The van der Waals surface area contributed by atoms with Gasteiger partial charge in [0.05, 0.1) is 9.20 Å². The number of aliphatic carboxylic acids is 1. The van der Waals surface area contributed by atoms with E-state index in [0.717, 1.165) is 29.5 Å². The maximum atomic E-state index is 12.0. The number of amides is 1. The van der Waals surface area contributed by atoms with Crippen LogP contribution in [0.15, 0.2) is 15.9 Å². The highest BCUT2D eigenvalue weighted by atomic mass is 79.9. The Labute approximate surface area is 137 Å². The molecule has 0 saturated heterocycles. The second kappa shape index (κ2) is 7.40. The van der Waals surface area contributed by atoms with Crippen LogP contribution >= 0.6 is 27.3 Å². The summed E-state index contributed by atoms with van der Waals surface area (Å²) in [7, 11) is 0. The van der Waals surface area contributed by atoms with Gasteiger partial charge >= 0.3 is 5.97 Å². The number of halogens is 1. The van der Waals surface area contributed by atoms with Gasteiger partial charge in [0, 0.05) is 17.8 Å². The maximum Gasteiger partial charge on any atom is 0.310 e. The number of carboxylic acids is 1. The Balaban J connectivity index is 1.81. The van der Waals surface area contributed by atoms with Crippen molar-refractivity contribution >= 4 is 39.1 Å². The third kappa shape index (κ3) is 4.54. The third-order valence-electron chi connectivity index (χ3n) is 4.09. The van der Waals surface area contributed by atoms with Crippen molar-refractivity contribution in [1.29, 1.82) is 0 Å². The molecule has 0 unspecified atom stereocenters. The summed E-state index contributed by atoms with van der Waals surface area (Å²) < 4.78 is 1.08. The van der Waals surface area contributed by atoms with Gasteiger partial charge in [-0.15, -0.1) is 11.3 Å².